The summed E-state index contributed by atoms with van der Waals surface area (Å²) in [6.07, 6.45) is 4.38. The second-order valence-corrected chi connectivity index (χ2v) is 5.79. The number of methoxy groups -OCH3 is 1. The summed E-state index contributed by atoms with van der Waals surface area (Å²) in [7, 11) is 3.58. The topological polar surface area (TPSA) is 47.0 Å². The molecule has 0 bridgehead atoms. The predicted octanol–water partition coefficient (Wildman–Crippen LogP) is 2.82. The van der Waals surface area contributed by atoms with E-state index < -0.39 is 0 Å². The maximum atomic E-state index is 5.28. The molecule has 0 spiro atoms. The van der Waals surface area contributed by atoms with Crippen LogP contribution in [0.3, 0.4) is 0 Å². The number of rotatable bonds is 5. The summed E-state index contributed by atoms with van der Waals surface area (Å²) in [5.74, 6) is 1.18. The Kier molecular flexibility index (Phi) is 5.08. The van der Waals surface area contributed by atoms with Gasteiger partial charge in [0.05, 0.1) is 13.2 Å². The highest BCUT2D eigenvalue weighted by atomic mass is 16.5. The molecule has 0 aromatic carbocycles. The second-order valence-electron chi connectivity index (χ2n) is 5.79. The third kappa shape index (κ3) is 3.67. The highest BCUT2D eigenvalue weighted by molar-refractivity contribution is 5.21. The molecule has 4 nitrogen and oxygen atoms in total. The molecule has 0 fully saturated rings. The summed E-state index contributed by atoms with van der Waals surface area (Å²) >= 11 is 0. The SMILES string of the molecule is CNC(CC(C)C(C)(C)C)c1nccnc1OC. The summed E-state index contributed by atoms with van der Waals surface area (Å²) < 4.78 is 5.28. The third-order valence-corrected chi connectivity index (χ3v) is 3.63. The first-order chi connectivity index (χ1) is 8.40. The van der Waals surface area contributed by atoms with E-state index in [-0.39, 0.29) is 11.5 Å². The predicted molar refractivity (Wildman–Crippen MR) is 73.6 cm³/mol. The van der Waals surface area contributed by atoms with Gasteiger partial charge in [-0.2, -0.15) is 0 Å². The lowest BCUT2D eigenvalue weighted by molar-refractivity contribution is 0.222. The molecule has 0 aliphatic carbocycles. The fourth-order valence-corrected chi connectivity index (χ4v) is 1.81. The number of nitrogens with one attached hydrogen (secondary N) is 1. The molecule has 0 saturated carbocycles. The van der Waals surface area contributed by atoms with Crippen molar-refractivity contribution in [2.24, 2.45) is 11.3 Å². The zero-order chi connectivity index (χ0) is 13.8. The standard InChI is InChI=1S/C14H25N3O/c1-10(14(2,3)4)9-11(15-5)12-13(18-6)17-8-7-16-12/h7-8,10-11,15H,9H2,1-6H3. The van der Waals surface area contributed by atoms with E-state index in [4.69, 9.17) is 4.74 Å². The molecule has 4 heteroatoms. The fraction of sp³-hybridized carbons (Fsp3) is 0.714. The van der Waals surface area contributed by atoms with E-state index in [2.05, 4.69) is 43.0 Å². The Labute approximate surface area is 110 Å². The number of hydrogen-bond donors (Lipinski definition) is 1. The molecule has 1 N–H and O–H groups in total. The van der Waals surface area contributed by atoms with Crippen molar-refractivity contribution in [2.75, 3.05) is 14.2 Å². The Morgan fingerprint density at radius 3 is 2.39 bits per heavy atom. The van der Waals surface area contributed by atoms with E-state index in [0.717, 1.165) is 12.1 Å². The zero-order valence-electron chi connectivity index (χ0n) is 12.3. The van der Waals surface area contributed by atoms with E-state index in [1.54, 1.807) is 19.5 Å². The molecule has 0 aliphatic heterocycles. The molecule has 102 valence electrons. The van der Waals surface area contributed by atoms with Gasteiger partial charge in [0.1, 0.15) is 5.69 Å². The Hall–Kier alpha value is -1.16. The van der Waals surface area contributed by atoms with E-state index in [1.165, 1.54) is 0 Å². The summed E-state index contributed by atoms with van der Waals surface area (Å²) in [5.41, 5.74) is 1.17. The first-order valence-corrected chi connectivity index (χ1v) is 6.42. The quantitative estimate of drug-likeness (QED) is 0.874. The smallest absolute Gasteiger partial charge is 0.236 e. The van der Waals surface area contributed by atoms with Crippen molar-refractivity contribution >= 4 is 0 Å². The van der Waals surface area contributed by atoms with Crippen LogP contribution in [-0.2, 0) is 0 Å². The second kappa shape index (κ2) is 6.14. The monoisotopic (exact) mass is 251 g/mol. The van der Waals surface area contributed by atoms with Crippen molar-refractivity contribution in [1.29, 1.82) is 0 Å². The average molecular weight is 251 g/mol. The van der Waals surface area contributed by atoms with Crippen molar-refractivity contribution in [3.05, 3.63) is 18.1 Å². The number of aromatic nitrogens is 2. The van der Waals surface area contributed by atoms with Gasteiger partial charge in [0.15, 0.2) is 0 Å². The summed E-state index contributed by atoms with van der Waals surface area (Å²) in [5, 5.41) is 3.31. The summed E-state index contributed by atoms with van der Waals surface area (Å²) in [6, 6.07) is 0.169. The number of nitrogens with zero attached hydrogens (tertiary/aromatic N) is 2. The van der Waals surface area contributed by atoms with Gasteiger partial charge in [-0.05, 0) is 24.8 Å². The van der Waals surface area contributed by atoms with Gasteiger partial charge in [-0.1, -0.05) is 27.7 Å². The van der Waals surface area contributed by atoms with Gasteiger partial charge in [-0.3, -0.25) is 4.98 Å². The number of hydrogen-bond acceptors (Lipinski definition) is 4. The molecule has 1 heterocycles. The van der Waals surface area contributed by atoms with Crippen LogP contribution in [-0.4, -0.2) is 24.1 Å². The van der Waals surface area contributed by atoms with Crippen LogP contribution in [0.25, 0.3) is 0 Å². The van der Waals surface area contributed by atoms with Crippen molar-refractivity contribution in [3.8, 4) is 5.88 Å². The molecule has 2 atom stereocenters. The normalized spacial score (nSPS) is 15.2. The highest BCUT2D eigenvalue weighted by Crippen LogP contribution is 2.34. The molecule has 0 aliphatic rings. The van der Waals surface area contributed by atoms with Gasteiger partial charge < -0.3 is 10.1 Å². The maximum Gasteiger partial charge on any atom is 0.236 e. The lowest BCUT2D eigenvalue weighted by Gasteiger charge is -2.30. The third-order valence-electron chi connectivity index (χ3n) is 3.63. The van der Waals surface area contributed by atoms with E-state index >= 15 is 0 Å². The van der Waals surface area contributed by atoms with E-state index in [0.29, 0.717) is 11.8 Å². The van der Waals surface area contributed by atoms with Crippen molar-refractivity contribution in [2.45, 2.75) is 40.2 Å². The van der Waals surface area contributed by atoms with Crippen LogP contribution in [0.15, 0.2) is 12.4 Å². The minimum Gasteiger partial charge on any atom is -0.480 e. The minimum atomic E-state index is 0.169. The number of ether oxygens (including phenoxy) is 1. The molecule has 0 amide bonds. The molecular formula is C14H25N3O. The van der Waals surface area contributed by atoms with E-state index in [9.17, 15) is 0 Å². The molecule has 1 rings (SSSR count). The van der Waals surface area contributed by atoms with E-state index in [1.807, 2.05) is 7.05 Å². The van der Waals surface area contributed by atoms with Gasteiger partial charge in [-0.25, -0.2) is 4.98 Å². The van der Waals surface area contributed by atoms with Crippen LogP contribution in [0.5, 0.6) is 5.88 Å². The van der Waals surface area contributed by atoms with Crippen LogP contribution in [0, 0.1) is 11.3 Å². The molecular weight excluding hydrogens is 226 g/mol. The maximum absolute atomic E-state index is 5.28. The van der Waals surface area contributed by atoms with Gasteiger partial charge in [0.2, 0.25) is 5.88 Å². The van der Waals surface area contributed by atoms with Crippen LogP contribution in [0.4, 0.5) is 0 Å². The summed E-state index contributed by atoms with van der Waals surface area (Å²) in [4.78, 5) is 8.62. The molecule has 1 aromatic heterocycles. The molecule has 0 saturated heterocycles. The molecule has 1 aromatic rings. The first kappa shape index (κ1) is 14.9. The molecule has 18 heavy (non-hydrogen) atoms. The van der Waals surface area contributed by atoms with Crippen LogP contribution in [0.1, 0.15) is 45.9 Å². The van der Waals surface area contributed by atoms with Crippen LogP contribution in [0.2, 0.25) is 0 Å². The van der Waals surface area contributed by atoms with Gasteiger partial charge >= 0.3 is 0 Å². The minimum absolute atomic E-state index is 0.169. The average Bonchev–Trinajstić information content (AvgIpc) is 2.34. The Balaban J connectivity index is 2.90. The van der Waals surface area contributed by atoms with Crippen LogP contribution < -0.4 is 10.1 Å². The highest BCUT2D eigenvalue weighted by Gasteiger charge is 2.26. The van der Waals surface area contributed by atoms with Gasteiger partial charge in [0.25, 0.3) is 0 Å². The fourth-order valence-electron chi connectivity index (χ4n) is 1.81. The Morgan fingerprint density at radius 1 is 1.28 bits per heavy atom. The van der Waals surface area contributed by atoms with Crippen molar-refractivity contribution < 1.29 is 4.74 Å². The summed E-state index contributed by atoms with van der Waals surface area (Å²) in [6.45, 7) is 9.06. The van der Waals surface area contributed by atoms with Crippen molar-refractivity contribution in [1.82, 2.24) is 15.3 Å². The van der Waals surface area contributed by atoms with Gasteiger partial charge in [-0.15, -0.1) is 0 Å². The van der Waals surface area contributed by atoms with Crippen LogP contribution >= 0.6 is 0 Å². The van der Waals surface area contributed by atoms with Gasteiger partial charge in [0, 0.05) is 12.4 Å². The molecule has 2 unspecified atom stereocenters. The first-order valence-electron chi connectivity index (χ1n) is 6.42. The molecule has 0 radical (unpaired) electrons. The Bertz CT molecular complexity index is 374. The largest absolute Gasteiger partial charge is 0.480 e. The Morgan fingerprint density at radius 2 is 1.89 bits per heavy atom. The lowest BCUT2D eigenvalue weighted by Crippen LogP contribution is -2.26. The lowest BCUT2D eigenvalue weighted by atomic mass is 9.78. The zero-order valence-corrected chi connectivity index (χ0v) is 12.3. The van der Waals surface area contributed by atoms with Crippen molar-refractivity contribution in [3.63, 3.8) is 0 Å².